The van der Waals surface area contributed by atoms with Gasteiger partial charge < -0.3 is 0 Å². The molecule has 0 N–H and O–H groups in total. The van der Waals surface area contributed by atoms with E-state index in [4.69, 9.17) is 3.87 Å². The van der Waals surface area contributed by atoms with Crippen LogP contribution in [0.3, 0.4) is 0 Å². The average molecular weight is 97.9 g/mol. The Labute approximate surface area is 46.1 Å². The van der Waals surface area contributed by atoms with Crippen LogP contribution in [-0.2, 0) is 19.5 Å². The van der Waals surface area contributed by atoms with Gasteiger partial charge in [0.05, 0.1) is 0 Å². The van der Waals surface area contributed by atoms with Gasteiger partial charge in [0.2, 0.25) is 0 Å². The summed E-state index contributed by atoms with van der Waals surface area (Å²) >= 11 is 2.31. The molecule has 0 saturated carbocycles. The molecule has 0 aliphatic rings. The SMILES string of the molecule is C.[Li].[O]=[Co]. The Balaban J connectivity index is -0.00000000500. The van der Waals surface area contributed by atoms with E-state index in [1.807, 2.05) is 0 Å². The fourth-order valence-corrected chi connectivity index (χ4v) is 0. The Morgan fingerprint density at radius 2 is 1.25 bits per heavy atom. The predicted octanol–water partition coefficient (Wildman–Crippen LogP) is 0.134. The summed E-state index contributed by atoms with van der Waals surface area (Å²) in [5.41, 5.74) is 0. The van der Waals surface area contributed by atoms with Crippen molar-refractivity contribution in [1.82, 2.24) is 0 Å². The van der Waals surface area contributed by atoms with Crippen molar-refractivity contribution in [3.63, 3.8) is 0 Å². The second-order valence-corrected chi connectivity index (χ2v) is 0. The monoisotopic (exact) mass is 98.0 g/mol. The standard InChI is InChI=1S/CH4.Co.Li.O/h1H4;;;. The minimum absolute atomic E-state index is 0. The van der Waals surface area contributed by atoms with Crippen LogP contribution in [0.2, 0.25) is 0 Å². The summed E-state index contributed by atoms with van der Waals surface area (Å²) in [6.45, 7) is 0. The van der Waals surface area contributed by atoms with E-state index in [1.165, 1.54) is 0 Å². The van der Waals surface area contributed by atoms with E-state index in [1.54, 1.807) is 0 Å². The van der Waals surface area contributed by atoms with Gasteiger partial charge in [0.1, 0.15) is 0 Å². The Hall–Kier alpha value is 0.904. The van der Waals surface area contributed by atoms with Crippen LogP contribution >= 0.6 is 0 Å². The normalized spacial score (nSPS) is 1.25. The van der Waals surface area contributed by atoms with Crippen LogP contribution in [0.5, 0.6) is 0 Å². The van der Waals surface area contributed by atoms with Crippen molar-refractivity contribution in [3.05, 3.63) is 0 Å². The topological polar surface area (TPSA) is 17.1 Å². The number of rotatable bonds is 0. The third-order valence-corrected chi connectivity index (χ3v) is 0. The molecule has 4 heavy (non-hydrogen) atoms. The molecule has 0 spiro atoms. The molecule has 0 bridgehead atoms. The molecule has 1 nitrogen and oxygen atoms in total. The molecule has 0 rings (SSSR count). The number of hydrogen-bond acceptors (Lipinski definition) is 1. The van der Waals surface area contributed by atoms with Crippen LogP contribution in [0.15, 0.2) is 0 Å². The van der Waals surface area contributed by atoms with Crippen LogP contribution in [0.25, 0.3) is 0 Å². The maximum absolute atomic E-state index is 7.94. The summed E-state index contributed by atoms with van der Waals surface area (Å²) in [5.74, 6) is 0. The first-order valence-electron chi connectivity index (χ1n) is 0.136. The van der Waals surface area contributed by atoms with Gasteiger partial charge in [-0.15, -0.1) is 0 Å². The zero-order valence-corrected chi connectivity index (χ0v) is 2.78. The van der Waals surface area contributed by atoms with E-state index in [0.717, 1.165) is 0 Å². The van der Waals surface area contributed by atoms with Crippen molar-refractivity contribution in [2.24, 2.45) is 0 Å². The van der Waals surface area contributed by atoms with E-state index in [0.29, 0.717) is 0 Å². The van der Waals surface area contributed by atoms with Crippen LogP contribution in [0, 0.1) is 0 Å². The molecule has 0 aliphatic heterocycles. The second-order valence-electron chi connectivity index (χ2n) is 0. The molecule has 0 atom stereocenters. The fraction of sp³-hybridized carbons (Fsp3) is 1.00. The van der Waals surface area contributed by atoms with Gasteiger partial charge >= 0.3 is 19.5 Å². The van der Waals surface area contributed by atoms with E-state index < -0.39 is 0 Å². The first-order valence-corrected chi connectivity index (χ1v) is 0.561. The summed E-state index contributed by atoms with van der Waals surface area (Å²) in [5, 5.41) is 0. The third kappa shape index (κ3) is 12.9. The predicted molar refractivity (Wildman–Crippen MR) is 13.2 cm³/mol. The molecule has 0 aromatic heterocycles. The molecule has 0 aromatic rings. The van der Waals surface area contributed by atoms with E-state index in [-0.39, 0.29) is 26.3 Å². The fourth-order valence-electron chi connectivity index (χ4n) is 0. The van der Waals surface area contributed by atoms with Gasteiger partial charge in [-0.2, -0.15) is 0 Å². The second kappa shape index (κ2) is 40.3. The molecular weight excluding hydrogens is 93.9 g/mol. The van der Waals surface area contributed by atoms with E-state index in [2.05, 4.69) is 15.7 Å². The molecule has 0 heterocycles. The first-order chi connectivity index (χ1) is 1.00. The average Bonchev–Trinajstić information content (AvgIpc) is 1.00. The van der Waals surface area contributed by atoms with E-state index in [9.17, 15) is 0 Å². The summed E-state index contributed by atoms with van der Waals surface area (Å²) in [6.07, 6.45) is 0. The number of hydrogen-bond donors (Lipinski definition) is 0. The maximum atomic E-state index is 7.94. The Morgan fingerprint density at radius 3 is 1.25 bits per heavy atom. The molecule has 0 aliphatic carbocycles. The van der Waals surface area contributed by atoms with Gasteiger partial charge in [-0.25, -0.2) is 0 Å². The molecule has 0 unspecified atom stereocenters. The molecule has 24 valence electrons. The zero-order chi connectivity index (χ0) is 2.00. The van der Waals surface area contributed by atoms with Crippen LogP contribution in [0.1, 0.15) is 7.43 Å². The third-order valence-electron chi connectivity index (χ3n) is 0. The van der Waals surface area contributed by atoms with Crippen molar-refractivity contribution < 1.29 is 19.5 Å². The van der Waals surface area contributed by atoms with Crippen molar-refractivity contribution in [3.8, 4) is 0 Å². The van der Waals surface area contributed by atoms with Gasteiger partial charge in [-0.3, -0.25) is 0 Å². The van der Waals surface area contributed by atoms with Crippen LogP contribution < -0.4 is 0 Å². The minimum atomic E-state index is 0. The first kappa shape index (κ1) is 20.6. The Morgan fingerprint density at radius 1 is 1.25 bits per heavy atom. The summed E-state index contributed by atoms with van der Waals surface area (Å²) in [7, 11) is 0. The molecule has 0 fully saturated rings. The summed E-state index contributed by atoms with van der Waals surface area (Å²) < 4.78 is 7.94. The van der Waals surface area contributed by atoms with Crippen LogP contribution in [-0.4, -0.2) is 18.9 Å². The molecule has 0 saturated heterocycles. The van der Waals surface area contributed by atoms with Crippen molar-refractivity contribution in [2.45, 2.75) is 7.43 Å². The van der Waals surface area contributed by atoms with Gasteiger partial charge in [0.25, 0.3) is 0 Å². The van der Waals surface area contributed by atoms with Gasteiger partial charge in [-0.05, 0) is 0 Å². The molecule has 0 amide bonds. The van der Waals surface area contributed by atoms with E-state index >= 15 is 0 Å². The zero-order valence-electron chi connectivity index (χ0n) is 1.74. The quantitative estimate of drug-likeness (QED) is 0.393. The Bertz CT molecular complexity index is 8.00. The summed E-state index contributed by atoms with van der Waals surface area (Å²) in [4.78, 5) is 0. The Kier molecular flexibility index (Phi) is 208. The molecule has 1 radical (unpaired) electrons. The van der Waals surface area contributed by atoms with Crippen molar-refractivity contribution in [2.75, 3.05) is 0 Å². The van der Waals surface area contributed by atoms with Crippen molar-refractivity contribution >= 4 is 18.9 Å². The van der Waals surface area contributed by atoms with Gasteiger partial charge in [0, 0.05) is 18.9 Å². The molecule has 3 heteroatoms. The van der Waals surface area contributed by atoms with Gasteiger partial charge in [0.15, 0.2) is 0 Å². The molecular formula is CH4CoLiO. The molecule has 0 aromatic carbocycles. The van der Waals surface area contributed by atoms with Gasteiger partial charge in [-0.1, -0.05) is 7.43 Å². The van der Waals surface area contributed by atoms with Crippen LogP contribution in [0.4, 0.5) is 0 Å². The van der Waals surface area contributed by atoms with Crippen molar-refractivity contribution in [1.29, 1.82) is 0 Å². The summed E-state index contributed by atoms with van der Waals surface area (Å²) in [6, 6.07) is 0.